The molecule has 0 amide bonds. The van der Waals surface area contributed by atoms with E-state index in [4.69, 9.17) is 0 Å². The number of fused-ring (bicyclic) bond motifs is 1. The number of hydrogen-bond acceptors (Lipinski definition) is 2. The van der Waals surface area contributed by atoms with Crippen molar-refractivity contribution in [3.05, 3.63) is 29.1 Å². The number of aryl methyl sites for hydroxylation is 1. The zero-order valence-corrected chi connectivity index (χ0v) is 13.3. The predicted molar refractivity (Wildman–Crippen MR) is 78.7 cm³/mol. The molecular formula is C16H17F4N3. The first kappa shape index (κ1) is 17.3. The van der Waals surface area contributed by atoms with Gasteiger partial charge in [0.05, 0.1) is 5.56 Å². The zero-order chi connectivity index (χ0) is 17.6. The van der Waals surface area contributed by atoms with Gasteiger partial charge in [-0.05, 0) is 33.3 Å². The summed E-state index contributed by atoms with van der Waals surface area (Å²) in [5.74, 6) is 0. The fourth-order valence-electron chi connectivity index (χ4n) is 2.46. The molecule has 2 aromatic rings. The van der Waals surface area contributed by atoms with E-state index in [1.165, 1.54) is 6.20 Å². The van der Waals surface area contributed by atoms with E-state index in [0.29, 0.717) is 12.1 Å². The summed E-state index contributed by atoms with van der Waals surface area (Å²) in [6.07, 6.45) is -6.38. The maximum atomic E-state index is 14.0. The second kappa shape index (κ2) is 5.52. The van der Waals surface area contributed by atoms with Gasteiger partial charge in [-0.25, -0.2) is 9.37 Å². The number of aromatic nitrogens is 2. The van der Waals surface area contributed by atoms with Crippen LogP contribution in [-0.4, -0.2) is 15.7 Å². The molecule has 124 valence electrons. The summed E-state index contributed by atoms with van der Waals surface area (Å²) in [6, 6.07) is 2.96. The number of nitriles is 1. The molecule has 3 nitrogen and oxygen atoms in total. The van der Waals surface area contributed by atoms with Crippen molar-refractivity contribution in [1.82, 2.24) is 9.55 Å². The standard InChI is InChI=1S/C16H17F4N3/c1-5-10-6-11(13(17)16(18,19)20)12-9(7-21)8-23(14(12)22-10)15(2,3)4/h6,8,13H,5H2,1-4H3. The number of alkyl halides is 4. The maximum absolute atomic E-state index is 14.0. The van der Waals surface area contributed by atoms with Crippen LogP contribution >= 0.6 is 0 Å². The molecule has 2 rings (SSSR count). The summed E-state index contributed by atoms with van der Waals surface area (Å²) in [6.45, 7) is 7.24. The first-order chi connectivity index (χ1) is 10.5. The molecule has 1 atom stereocenters. The molecule has 7 heteroatoms. The van der Waals surface area contributed by atoms with Crippen molar-refractivity contribution in [1.29, 1.82) is 5.26 Å². The fraction of sp³-hybridized carbons (Fsp3) is 0.500. The van der Waals surface area contributed by atoms with Crippen molar-refractivity contribution in [3.63, 3.8) is 0 Å². The Kier molecular flexibility index (Phi) is 4.14. The van der Waals surface area contributed by atoms with Crippen LogP contribution in [0.4, 0.5) is 17.6 Å². The second-order valence-corrected chi connectivity index (χ2v) is 6.35. The molecule has 0 radical (unpaired) electrons. The van der Waals surface area contributed by atoms with Crippen molar-refractivity contribution < 1.29 is 17.6 Å². The lowest BCUT2D eigenvalue weighted by Gasteiger charge is -2.22. The minimum Gasteiger partial charge on any atom is -0.326 e. The van der Waals surface area contributed by atoms with Gasteiger partial charge in [-0.2, -0.15) is 18.4 Å². The third kappa shape index (κ3) is 3.03. The lowest BCUT2D eigenvalue weighted by atomic mass is 10.0. The van der Waals surface area contributed by atoms with Crippen LogP contribution in [0.1, 0.15) is 50.7 Å². The van der Waals surface area contributed by atoms with E-state index in [1.54, 1.807) is 11.5 Å². The molecular weight excluding hydrogens is 310 g/mol. The van der Waals surface area contributed by atoms with E-state index >= 15 is 0 Å². The minimum absolute atomic E-state index is 0.00743. The highest BCUT2D eigenvalue weighted by Crippen LogP contribution is 2.41. The smallest absolute Gasteiger partial charge is 0.326 e. The highest BCUT2D eigenvalue weighted by molar-refractivity contribution is 5.87. The van der Waals surface area contributed by atoms with E-state index in [9.17, 15) is 22.8 Å². The van der Waals surface area contributed by atoms with Gasteiger partial charge in [0, 0.05) is 28.4 Å². The Morgan fingerprint density at radius 1 is 1.30 bits per heavy atom. The number of hydrogen-bond donors (Lipinski definition) is 0. The van der Waals surface area contributed by atoms with Crippen LogP contribution in [0.5, 0.6) is 0 Å². The molecule has 0 saturated carbocycles. The zero-order valence-electron chi connectivity index (χ0n) is 13.3. The molecule has 2 heterocycles. The van der Waals surface area contributed by atoms with E-state index in [0.717, 1.165) is 6.07 Å². The number of rotatable bonds is 2. The van der Waals surface area contributed by atoms with Crippen LogP contribution in [0, 0.1) is 11.3 Å². The van der Waals surface area contributed by atoms with Crippen molar-refractivity contribution in [2.75, 3.05) is 0 Å². The third-order valence-electron chi connectivity index (χ3n) is 3.61. The van der Waals surface area contributed by atoms with Gasteiger partial charge < -0.3 is 4.57 Å². The largest absolute Gasteiger partial charge is 0.423 e. The van der Waals surface area contributed by atoms with Gasteiger partial charge >= 0.3 is 6.18 Å². The summed E-state index contributed by atoms with van der Waals surface area (Å²) in [4.78, 5) is 4.33. The Balaban J connectivity index is 2.93. The molecule has 2 aromatic heterocycles. The Labute approximate surface area is 131 Å². The summed E-state index contributed by atoms with van der Waals surface area (Å²) < 4.78 is 54.3. The van der Waals surface area contributed by atoms with Crippen LogP contribution in [0.25, 0.3) is 11.0 Å². The quantitative estimate of drug-likeness (QED) is 0.744. The average molecular weight is 327 g/mol. The van der Waals surface area contributed by atoms with Gasteiger partial charge in [0.15, 0.2) is 0 Å². The van der Waals surface area contributed by atoms with Crippen LogP contribution in [-0.2, 0) is 12.0 Å². The summed E-state index contributed by atoms with van der Waals surface area (Å²) >= 11 is 0. The maximum Gasteiger partial charge on any atom is 0.423 e. The lowest BCUT2D eigenvalue weighted by Crippen LogP contribution is -2.22. The minimum atomic E-state index is -5.03. The van der Waals surface area contributed by atoms with Gasteiger partial charge in [0.25, 0.3) is 0 Å². The molecule has 0 saturated heterocycles. The summed E-state index contributed by atoms with van der Waals surface area (Å²) in [5, 5.41) is 9.19. The fourth-order valence-corrected chi connectivity index (χ4v) is 2.46. The highest BCUT2D eigenvalue weighted by atomic mass is 19.4. The Hall–Kier alpha value is -2.10. The van der Waals surface area contributed by atoms with E-state index < -0.39 is 23.5 Å². The summed E-state index contributed by atoms with van der Waals surface area (Å²) in [7, 11) is 0. The third-order valence-corrected chi connectivity index (χ3v) is 3.61. The topological polar surface area (TPSA) is 41.6 Å². The lowest BCUT2D eigenvalue weighted by molar-refractivity contribution is -0.182. The van der Waals surface area contributed by atoms with Gasteiger partial charge in [0.1, 0.15) is 11.7 Å². The van der Waals surface area contributed by atoms with Crippen LogP contribution < -0.4 is 0 Å². The van der Waals surface area contributed by atoms with E-state index in [2.05, 4.69) is 4.98 Å². The van der Waals surface area contributed by atoms with Crippen LogP contribution in [0.15, 0.2) is 12.3 Å². The molecule has 0 aliphatic rings. The molecule has 0 aliphatic heterocycles. The normalized spacial score (nSPS) is 14.0. The van der Waals surface area contributed by atoms with Crippen molar-refractivity contribution >= 4 is 11.0 Å². The second-order valence-electron chi connectivity index (χ2n) is 6.35. The monoisotopic (exact) mass is 327 g/mol. The van der Waals surface area contributed by atoms with Crippen molar-refractivity contribution in [2.24, 2.45) is 0 Å². The number of nitrogens with zero attached hydrogens (tertiary/aromatic N) is 3. The Morgan fingerprint density at radius 2 is 1.91 bits per heavy atom. The Morgan fingerprint density at radius 3 is 2.35 bits per heavy atom. The van der Waals surface area contributed by atoms with Crippen molar-refractivity contribution in [3.8, 4) is 6.07 Å². The molecule has 0 spiro atoms. The van der Waals surface area contributed by atoms with Gasteiger partial charge in [-0.15, -0.1) is 0 Å². The molecule has 0 aromatic carbocycles. The molecule has 0 bridgehead atoms. The first-order valence-electron chi connectivity index (χ1n) is 7.17. The predicted octanol–water partition coefficient (Wildman–Crippen LogP) is 4.80. The highest BCUT2D eigenvalue weighted by Gasteiger charge is 2.43. The van der Waals surface area contributed by atoms with E-state index in [1.807, 2.05) is 26.8 Å². The van der Waals surface area contributed by atoms with Gasteiger partial charge in [0.2, 0.25) is 6.17 Å². The molecule has 0 fully saturated rings. The van der Waals surface area contributed by atoms with Gasteiger partial charge in [-0.1, -0.05) is 6.92 Å². The average Bonchev–Trinajstić information content (AvgIpc) is 2.83. The van der Waals surface area contributed by atoms with Crippen molar-refractivity contribution in [2.45, 2.75) is 52.0 Å². The number of pyridine rings is 1. The van der Waals surface area contributed by atoms with E-state index in [-0.39, 0.29) is 16.6 Å². The molecule has 1 unspecified atom stereocenters. The van der Waals surface area contributed by atoms with Crippen LogP contribution in [0.2, 0.25) is 0 Å². The Bertz CT molecular complexity index is 776. The summed E-state index contributed by atoms with van der Waals surface area (Å²) in [5.41, 5.74) is -0.498. The van der Waals surface area contributed by atoms with Gasteiger partial charge in [-0.3, -0.25) is 0 Å². The molecule has 0 aliphatic carbocycles. The first-order valence-corrected chi connectivity index (χ1v) is 7.17. The molecule has 23 heavy (non-hydrogen) atoms. The molecule has 0 N–H and O–H groups in total. The van der Waals surface area contributed by atoms with Crippen LogP contribution in [0.3, 0.4) is 0 Å². The SMILES string of the molecule is CCc1cc(C(F)C(F)(F)F)c2c(C#N)cn(C(C)(C)C)c2n1. The number of halogens is 4.